The van der Waals surface area contributed by atoms with Gasteiger partial charge in [-0.1, -0.05) is 0 Å². The molecule has 0 aliphatic heterocycles. The van der Waals surface area contributed by atoms with Crippen molar-refractivity contribution in [1.82, 2.24) is 14.4 Å². The van der Waals surface area contributed by atoms with Crippen LogP contribution in [0.3, 0.4) is 0 Å². The van der Waals surface area contributed by atoms with Crippen LogP contribution in [-0.4, -0.2) is 34.6 Å². The Balaban J connectivity index is 2.32. The molecule has 0 bridgehead atoms. The maximum Gasteiger partial charge on any atom is 0.224 e. The van der Waals surface area contributed by atoms with Crippen molar-refractivity contribution in [2.24, 2.45) is 0 Å². The van der Waals surface area contributed by atoms with Crippen LogP contribution in [0, 0.1) is 11.9 Å². The zero-order valence-corrected chi connectivity index (χ0v) is 15.4. The normalized spacial score (nSPS) is 12.5. The Labute approximate surface area is 149 Å². The Morgan fingerprint density at radius 2 is 1.88 bits per heavy atom. The summed E-state index contributed by atoms with van der Waals surface area (Å²) in [5.74, 6) is -1.82. The summed E-state index contributed by atoms with van der Waals surface area (Å²) in [4.78, 5) is 7.27. The molecule has 0 aliphatic rings. The third-order valence-electron chi connectivity index (χ3n) is 3.98. The smallest absolute Gasteiger partial charge is 0.224 e. The van der Waals surface area contributed by atoms with E-state index in [4.69, 9.17) is 4.74 Å². The third-order valence-corrected chi connectivity index (χ3v) is 6.48. The van der Waals surface area contributed by atoms with Crippen molar-refractivity contribution >= 4 is 15.5 Å². The fourth-order valence-corrected chi connectivity index (χ4v) is 3.79. The molecule has 0 aromatic carbocycles. The number of ether oxygens (including phenoxy) is 1. The molecule has 0 spiro atoms. The van der Waals surface area contributed by atoms with Crippen LogP contribution in [0.15, 0.2) is 35.5 Å². The van der Waals surface area contributed by atoms with Gasteiger partial charge in [0.05, 0.1) is 29.3 Å². The first-order valence-electron chi connectivity index (χ1n) is 7.68. The van der Waals surface area contributed by atoms with Crippen molar-refractivity contribution in [1.29, 1.82) is 0 Å². The molecule has 0 fully saturated rings. The van der Waals surface area contributed by atoms with Crippen LogP contribution in [0.4, 0.5) is 8.78 Å². The third kappa shape index (κ3) is 2.82. The quantitative estimate of drug-likeness (QED) is 0.651. The van der Waals surface area contributed by atoms with Crippen LogP contribution in [0.5, 0.6) is 5.75 Å². The van der Waals surface area contributed by atoms with Crippen molar-refractivity contribution in [2.75, 3.05) is 7.11 Å². The molecule has 0 radical (unpaired) electrons. The minimum absolute atomic E-state index is 0.00294. The Kier molecular flexibility index (Phi) is 4.22. The molecule has 3 aromatic heterocycles. The molecule has 9 heteroatoms. The van der Waals surface area contributed by atoms with Gasteiger partial charge in [0.15, 0.2) is 9.84 Å². The first-order chi connectivity index (χ1) is 12.1. The van der Waals surface area contributed by atoms with Crippen LogP contribution in [-0.2, 0) is 9.84 Å². The molecule has 26 heavy (non-hydrogen) atoms. The highest BCUT2D eigenvalue weighted by atomic mass is 32.2. The number of pyridine rings is 2. The number of hydrogen-bond acceptors (Lipinski definition) is 5. The summed E-state index contributed by atoms with van der Waals surface area (Å²) < 4.78 is 58.5. The van der Waals surface area contributed by atoms with E-state index in [-0.39, 0.29) is 21.9 Å². The fraction of sp³-hybridized carbons (Fsp3) is 0.294. The van der Waals surface area contributed by atoms with Gasteiger partial charge in [-0.3, -0.25) is 4.40 Å². The maximum absolute atomic E-state index is 14.1. The van der Waals surface area contributed by atoms with E-state index in [1.54, 1.807) is 20.8 Å². The highest BCUT2D eigenvalue weighted by Gasteiger charge is 2.34. The molecular weight excluding hydrogens is 364 g/mol. The molecule has 0 unspecified atom stereocenters. The average Bonchev–Trinajstić information content (AvgIpc) is 2.95. The number of sulfone groups is 1. The Morgan fingerprint density at radius 1 is 1.19 bits per heavy atom. The van der Waals surface area contributed by atoms with Gasteiger partial charge in [-0.15, -0.1) is 0 Å². The molecule has 3 rings (SSSR count). The van der Waals surface area contributed by atoms with E-state index in [1.807, 2.05) is 0 Å². The summed E-state index contributed by atoms with van der Waals surface area (Å²) in [6, 6.07) is 3.70. The van der Waals surface area contributed by atoms with Gasteiger partial charge in [0.2, 0.25) is 11.9 Å². The second-order valence-corrected chi connectivity index (χ2v) is 9.34. The highest BCUT2D eigenvalue weighted by molar-refractivity contribution is 7.92. The molecule has 138 valence electrons. The van der Waals surface area contributed by atoms with Gasteiger partial charge in [-0.25, -0.2) is 13.4 Å². The zero-order valence-electron chi connectivity index (χ0n) is 14.6. The Hall–Kier alpha value is -2.55. The van der Waals surface area contributed by atoms with Crippen LogP contribution in [0.1, 0.15) is 20.8 Å². The number of imidazole rings is 1. The number of halogens is 2. The zero-order chi connectivity index (χ0) is 19.3. The minimum atomic E-state index is -3.75. The number of nitrogens with zero attached hydrogens (tertiary/aromatic N) is 3. The lowest BCUT2D eigenvalue weighted by molar-refractivity contribution is 0.401. The molecular formula is C17H17F2N3O3S. The molecule has 3 aromatic rings. The summed E-state index contributed by atoms with van der Waals surface area (Å²) >= 11 is 0. The van der Waals surface area contributed by atoms with Gasteiger partial charge in [0.25, 0.3) is 0 Å². The molecule has 0 saturated heterocycles. The number of aromatic nitrogens is 3. The number of fused-ring (bicyclic) bond motifs is 1. The lowest BCUT2D eigenvalue weighted by Crippen LogP contribution is -2.28. The molecule has 0 N–H and O–H groups in total. The van der Waals surface area contributed by atoms with Crippen LogP contribution < -0.4 is 4.74 Å². The summed E-state index contributed by atoms with van der Waals surface area (Å²) in [5, 5.41) is 0. The van der Waals surface area contributed by atoms with Gasteiger partial charge in [0, 0.05) is 12.3 Å². The van der Waals surface area contributed by atoms with Crippen molar-refractivity contribution in [3.8, 4) is 17.0 Å². The van der Waals surface area contributed by atoms with Gasteiger partial charge >= 0.3 is 0 Å². The number of rotatable bonds is 3. The van der Waals surface area contributed by atoms with Crippen molar-refractivity contribution in [3.05, 3.63) is 42.5 Å². The largest absolute Gasteiger partial charge is 0.495 e. The van der Waals surface area contributed by atoms with Crippen LogP contribution in [0.2, 0.25) is 0 Å². The SMILES string of the molecule is COc1cc2ncc(-c3ccc(F)nc3F)n2cc1S(=O)(=O)C(C)(C)C. The molecule has 0 saturated carbocycles. The van der Waals surface area contributed by atoms with Crippen molar-refractivity contribution < 1.29 is 21.9 Å². The van der Waals surface area contributed by atoms with Gasteiger partial charge in [-0.2, -0.15) is 13.8 Å². The number of hydrogen-bond donors (Lipinski definition) is 0. The molecule has 0 aliphatic carbocycles. The first kappa shape index (κ1) is 18.2. The van der Waals surface area contributed by atoms with Gasteiger partial charge in [-0.05, 0) is 32.9 Å². The molecule has 0 amide bonds. The maximum atomic E-state index is 14.1. The predicted molar refractivity (Wildman–Crippen MR) is 91.8 cm³/mol. The van der Waals surface area contributed by atoms with E-state index >= 15 is 0 Å². The van der Waals surface area contributed by atoms with Gasteiger partial charge < -0.3 is 4.74 Å². The summed E-state index contributed by atoms with van der Waals surface area (Å²) in [7, 11) is -2.39. The average molecular weight is 381 g/mol. The van der Waals surface area contributed by atoms with E-state index in [0.29, 0.717) is 5.65 Å². The highest BCUT2D eigenvalue weighted by Crippen LogP contribution is 2.34. The second-order valence-electron chi connectivity index (χ2n) is 6.67. The number of methoxy groups -OCH3 is 1. The molecule has 3 heterocycles. The standard InChI is InChI=1S/C17H17F2N3O3S/c1-17(2,3)26(23,24)13-9-22-11(8-20-15(22)7-12(13)25-4)10-5-6-14(18)21-16(10)19/h5-9H,1-4H3. The minimum Gasteiger partial charge on any atom is -0.495 e. The van der Waals surface area contributed by atoms with Crippen LogP contribution >= 0.6 is 0 Å². The second kappa shape index (κ2) is 6.01. The van der Waals surface area contributed by atoms with E-state index < -0.39 is 26.5 Å². The summed E-state index contributed by atoms with van der Waals surface area (Å²) in [6.45, 7) is 4.72. The monoisotopic (exact) mass is 381 g/mol. The van der Waals surface area contributed by atoms with Crippen molar-refractivity contribution in [3.63, 3.8) is 0 Å². The Morgan fingerprint density at radius 3 is 2.46 bits per heavy atom. The lowest BCUT2D eigenvalue weighted by atomic mass is 10.2. The summed E-state index contributed by atoms with van der Waals surface area (Å²) in [6.07, 6.45) is 2.69. The first-order valence-corrected chi connectivity index (χ1v) is 9.16. The van der Waals surface area contributed by atoms with Gasteiger partial charge in [0.1, 0.15) is 16.3 Å². The fourth-order valence-electron chi connectivity index (χ4n) is 2.48. The Bertz CT molecular complexity index is 1100. The molecule has 6 nitrogen and oxygen atoms in total. The van der Waals surface area contributed by atoms with E-state index in [9.17, 15) is 17.2 Å². The lowest BCUT2D eigenvalue weighted by Gasteiger charge is -2.21. The van der Waals surface area contributed by atoms with E-state index in [2.05, 4.69) is 9.97 Å². The molecule has 0 atom stereocenters. The topological polar surface area (TPSA) is 73.6 Å². The predicted octanol–water partition coefficient (Wildman–Crippen LogP) is 3.26. The van der Waals surface area contributed by atoms with E-state index in [1.165, 1.54) is 36.0 Å². The van der Waals surface area contributed by atoms with Crippen molar-refractivity contribution in [2.45, 2.75) is 30.4 Å². The summed E-state index contributed by atoms with van der Waals surface area (Å²) in [5.41, 5.74) is 0.606. The van der Waals surface area contributed by atoms with E-state index in [0.717, 1.165) is 6.07 Å². The van der Waals surface area contributed by atoms with Crippen LogP contribution in [0.25, 0.3) is 16.9 Å².